The number of thioether (sulfide) groups is 1. The standard InChI is InChI=1S/C20H26N2O3S2/c1-14(16-6-5-7-17(12-16)25-13-15-9-10-15)22-26-11-4-2-3-8-18-19(23)21-20(24)27-18/h2-3,5-7,12,14-15,18,22H,4,8-11,13H2,1H3,(H,21,23,24)/b3-2+. The zero-order chi connectivity index (χ0) is 19.1. The first-order valence-electron chi connectivity index (χ1n) is 9.38. The second-order valence-corrected chi connectivity index (χ2v) is 9.00. The highest BCUT2D eigenvalue weighted by Crippen LogP contribution is 2.30. The lowest BCUT2D eigenvalue weighted by atomic mass is 10.1. The zero-order valence-corrected chi connectivity index (χ0v) is 17.1. The molecule has 1 saturated carbocycles. The fourth-order valence-electron chi connectivity index (χ4n) is 2.64. The number of carbonyl (C=O) groups excluding carboxylic acids is 2. The third-order valence-corrected chi connectivity index (χ3v) is 6.44. The van der Waals surface area contributed by atoms with E-state index in [1.807, 2.05) is 18.2 Å². The van der Waals surface area contributed by atoms with E-state index in [0.29, 0.717) is 6.42 Å². The molecule has 0 aromatic heterocycles. The minimum Gasteiger partial charge on any atom is -0.493 e. The topological polar surface area (TPSA) is 67.4 Å². The van der Waals surface area contributed by atoms with Crippen LogP contribution in [-0.4, -0.2) is 28.8 Å². The van der Waals surface area contributed by atoms with Gasteiger partial charge in [-0.2, -0.15) is 0 Å². The Morgan fingerprint density at radius 2 is 2.22 bits per heavy atom. The van der Waals surface area contributed by atoms with E-state index in [4.69, 9.17) is 4.74 Å². The van der Waals surface area contributed by atoms with E-state index in [1.54, 1.807) is 11.9 Å². The summed E-state index contributed by atoms with van der Waals surface area (Å²) in [6.45, 7) is 2.98. The summed E-state index contributed by atoms with van der Waals surface area (Å²) in [4.78, 5) is 22.5. The van der Waals surface area contributed by atoms with Crippen molar-refractivity contribution in [2.24, 2.45) is 5.92 Å². The van der Waals surface area contributed by atoms with Crippen molar-refractivity contribution in [3.8, 4) is 5.75 Å². The fourth-order valence-corrected chi connectivity index (χ4v) is 4.19. The van der Waals surface area contributed by atoms with Crippen molar-refractivity contribution in [2.45, 2.75) is 43.9 Å². The molecule has 2 atom stereocenters. The van der Waals surface area contributed by atoms with Crippen LogP contribution in [0, 0.1) is 5.92 Å². The molecule has 1 aliphatic heterocycles. The molecule has 2 aliphatic rings. The van der Waals surface area contributed by atoms with Crippen LogP contribution in [0.4, 0.5) is 4.79 Å². The number of hydrogen-bond donors (Lipinski definition) is 2. The van der Waals surface area contributed by atoms with Gasteiger partial charge >= 0.3 is 0 Å². The van der Waals surface area contributed by atoms with Crippen LogP contribution in [0.5, 0.6) is 5.75 Å². The van der Waals surface area contributed by atoms with E-state index in [9.17, 15) is 9.59 Å². The molecule has 1 heterocycles. The van der Waals surface area contributed by atoms with Crippen LogP contribution in [0.2, 0.25) is 0 Å². The highest BCUT2D eigenvalue weighted by Gasteiger charge is 2.30. The van der Waals surface area contributed by atoms with E-state index >= 15 is 0 Å². The average Bonchev–Trinajstić information content (AvgIpc) is 3.43. The molecule has 2 unspecified atom stereocenters. The molecule has 2 N–H and O–H groups in total. The van der Waals surface area contributed by atoms with Crippen molar-refractivity contribution < 1.29 is 14.3 Å². The van der Waals surface area contributed by atoms with Gasteiger partial charge in [-0.25, -0.2) is 0 Å². The molecule has 0 spiro atoms. The number of nitrogens with one attached hydrogen (secondary N) is 2. The first kappa shape index (κ1) is 20.3. The van der Waals surface area contributed by atoms with Gasteiger partial charge in [0, 0.05) is 11.8 Å². The number of allylic oxidation sites excluding steroid dienone is 2. The Balaban J connectivity index is 1.30. The minimum atomic E-state index is -0.269. The van der Waals surface area contributed by atoms with Gasteiger partial charge in [0.05, 0.1) is 11.9 Å². The van der Waals surface area contributed by atoms with Crippen LogP contribution in [0.3, 0.4) is 0 Å². The molecule has 3 rings (SSSR count). The van der Waals surface area contributed by atoms with Crippen molar-refractivity contribution in [1.29, 1.82) is 0 Å². The predicted molar refractivity (Wildman–Crippen MR) is 112 cm³/mol. The third-order valence-electron chi connectivity index (χ3n) is 4.47. The summed E-state index contributed by atoms with van der Waals surface area (Å²) >= 11 is 2.77. The van der Waals surface area contributed by atoms with E-state index < -0.39 is 0 Å². The van der Waals surface area contributed by atoms with Crippen LogP contribution in [0.25, 0.3) is 0 Å². The lowest BCUT2D eigenvalue weighted by molar-refractivity contribution is -0.118. The summed E-state index contributed by atoms with van der Waals surface area (Å²) < 4.78 is 9.31. The van der Waals surface area contributed by atoms with Gasteiger partial charge in [0.15, 0.2) is 0 Å². The van der Waals surface area contributed by atoms with Crippen LogP contribution in [-0.2, 0) is 4.79 Å². The summed E-state index contributed by atoms with van der Waals surface area (Å²) in [5, 5.41) is 1.79. The largest absolute Gasteiger partial charge is 0.493 e. The Morgan fingerprint density at radius 1 is 1.37 bits per heavy atom. The molecule has 146 valence electrons. The molecule has 2 amide bonds. The predicted octanol–water partition coefficient (Wildman–Crippen LogP) is 4.46. The Labute approximate surface area is 169 Å². The van der Waals surface area contributed by atoms with Crippen LogP contribution in [0.1, 0.15) is 44.2 Å². The van der Waals surface area contributed by atoms with Crippen molar-refractivity contribution in [3.05, 3.63) is 42.0 Å². The maximum absolute atomic E-state index is 11.5. The summed E-state index contributed by atoms with van der Waals surface area (Å²) in [6, 6.07) is 8.55. The molecule has 2 fully saturated rings. The number of ether oxygens (including phenoxy) is 1. The normalized spacial score (nSPS) is 20.9. The first-order valence-corrected chi connectivity index (χ1v) is 11.2. The molecule has 0 bridgehead atoms. The van der Waals surface area contributed by atoms with E-state index in [2.05, 4.69) is 35.2 Å². The van der Waals surface area contributed by atoms with Crippen molar-refractivity contribution >= 4 is 34.9 Å². The molecule has 5 nitrogen and oxygen atoms in total. The zero-order valence-electron chi connectivity index (χ0n) is 15.5. The molecule has 1 aromatic rings. The van der Waals surface area contributed by atoms with Crippen molar-refractivity contribution in [1.82, 2.24) is 10.0 Å². The maximum Gasteiger partial charge on any atom is 0.286 e. The fraction of sp³-hybridized carbons (Fsp3) is 0.500. The van der Waals surface area contributed by atoms with Gasteiger partial charge in [-0.05, 0) is 56.2 Å². The Kier molecular flexibility index (Phi) is 7.67. The molecule has 1 saturated heterocycles. The number of imide groups is 1. The Bertz CT molecular complexity index is 692. The van der Waals surface area contributed by atoms with Gasteiger partial charge in [-0.1, -0.05) is 48.0 Å². The summed E-state index contributed by atoms with van der Waals surface area (Å²) in [6.07, 6.45) is 8.18. The molecule has 1 aliphatic carbocycles. The lowest BCUT2D eigenvalue weighted by Crippen LogP contribution is -2.23. The summed E-state index contributed by atoms with van der Waals surface area (Å²) in [7, 11) is 0. The Hall–Kier alpha value is -1.44. The summed E-state index contributed by atoms with van der Waals surface area (Å²) in [5.41, 5.74) is 1.22. The number of carbonyl (C=O) groups is 2. The average molecular weight is 407 g/mol. The molecule has 1 aromatic carbocycles. The highest BCUT2D eigenvalue weighted by atomic mass is 32.2. The van der Waals surface area contributed by atoms with Gasteiger partial charge in [-0.3, -0.25) is 19.6 Å². The van der Waals surface area contributed by atoms with Gasteiger partial charge in [-0.15, -0.1) is 0 Å². The van der Waals surface area contributed by atoms with Gasteiger partial charge in [0.2, 0.25) is 5.91 Å². The monoisotopic (exact) mass is 406 g/mol. The first-order chi connectivity index (χ1) is 13.1. The van der Waals surface area contributed by atoms with Gasteiger partial charge in [0.25, 0.3) is 5.24 Å². The quantitative estimate of drug-likeness (QED) is 0.321. The van der Waals surface area contributed by atoms with E-state index in [1.165, 1.54) is 18.4 Å². The van der Waals surface area contributed by atoms with Crippen LogP contribution < -0.4 is 14.8 Å². The van der Waals surface area contributed by atoms with Crippen molar-refractivity contribution in [2.75, 3.05) is 12.4 Å². The lowest BCUT2D eigenvalue weighted by Gasteiger charge is -2.14. The second kappa shape index (κ2) is 10.2. The molecule has 0 radical (unpaired) electrons. The molecular formula is C20H26N2O3S2. The number of rotatable bonds is 11. The van der Waals surface area contributed by atoms with Crippen LogP contribution in [0.15, 0.2) is 36.4 Å². The third kappa shape index (κ3) is 6.90. The summed E-state index contributed by atoms with van der Waals surface area (Å²) in [5.74, 6) is 2.48. The number of amides is 2. The minimum absolute atomic E-state index is 0.178. The van der Waals surface area contributed by atoms with Crippen molar-refractivity contribution in [3.63, 3.8) is 0 Å². The number of hydrogen-bond acceptors (Lipinski definition) is 6. The van der Waals surface area contributed by atoms with E-state index in [0.717, 1.165) is 42.2 Å². The highest BCUT2D eigenvalue weighted by molar-refractivity contribution is 8.15. The number of benzene rings is 1. The van der Waals surface area contributed by atoms with Gasteiger partial charge < -0.3 is 4.74 Å². The molecular weight excluding hydrogens is 380 g/mol. The second-order valence-electron chi connectivity index (χ2n) is 6.89. The van der Waals surface area contributed by atoms with Crippen LogP contribution >= 0.6 is 23.7 Å². The molecule has 27 heavy (non-hydrogen) atoms. The molecule has 7 heteroatoms. The maximum atomic E-state index is 11.5. The van der Waals surface area contributed by atoms with E-state index in [-0.39, 0.29) is 22.4 Å². The van der Waals surface area contributed by atoms with Gasteiger partial charge in [0.1, 0.15) is 5.75 Å². The Morgan fingerprint density at radius 3 is 2.96 bits per heavy atom. The smallest absolute Gasteiger partial charge is 0.286 e. The SMILES string of the molecule is CC(NSCC/C=C/CC1SC(=O)NC1=O)c1cccc(OCC2CC2)c1.